The zero-order valence-corrected chi connectivity index (χ0v) is 16.9. The quantitative estimate of drug-likeness (QED) is 0.464. The van der Waals surface area contributed by atoms with Gasteiger partial charge in [-0.2, -0.15) is 5.10 Å². The maximum Gasteiger partial charge on any atom is 0.235 e. The molecule has 1 N–H and O–H groups in total. The van der Waals surface area contributed by atoms with Crippen molar-refractivity contribution in [3.63, 3.8) is 0 Å². The van der Waals surface area contributed by atoms with Crippen molar-refractivity contribution in [2.24, 2.45) is 7.05 Å². The van der Waals surface area contributed by atoms with E-state index in [1.807, 2.05) is 41.8 Å². The highest BCUT2D eigenvalue weighted by atomic mass is 32.2. The number of rotatable bonds is 8. The molecule has 0 atom stereocenters. The molecule has 3 aromatic rings. The van der Waals surface area contributed by atoms with E-state index in [0.717, 1.165) is 11.3 Å². The number of ether oxygens (including phenoxy) is 1. The average Bonchev–Trinajstić information content (AvgIpc) is 3.22. The summed E-state index contributed by atoms with van der Waals surface area (Å²) in [7, 11) is 3.41. The van der Waals surface area contributed by atoms with Gasteiger partial charge in [0.15, 0.2) is 11.0 Å². The van der Waals surface area contributed by atoms with Crippen molar-refractivity contribution in [2.45, 2.75) is 18.6 Å². The Morgan fingerprint density at radius 1 is 1.36 bits per heavy atom. The van der Waals surface area contributed by atoms with Crippen molar-refractivity contribution >= 4 is 23.5 Å². The Labute approximate surface area is 167 Å². The van der Waals surface area contributed by atoms with Gasteiger partial charge in [-0.1, -0.05) is 30.0 Å². The molecular weight excluding hydrogens is 376 g/mol. The molecule has 0 radical (unpaired) electrons. The number of aromatic nitrogens is 5. The lowest BCUT2D eigenvalue weighted by molar-refractivity contribution is -0.113. The van der Waals surface area contributed by atoms with Gasteiger partial charge in [-0.05, 0) is 19.1 Å². The fraction of sp³-hybridized carbons (Fsp3) is 0.263. The summed E-state index contributed by atoms with van der Waals surface area (Å²) in [5.74, 6) is 2.10. The molecule has 0 bridgehead atoms. The first kappa shape index (κ1) is 19.7. The zero-order valence-electron chi connectivity index (χ0n) is 16.0. The molecule has 0 fully saturated rings. The summed E-state index contributed by atoms with van der Waals surface area (Å²) in [6, 6.07) is 9.44. The maximum atomic E-state index is 12.3. The van der Waals surface area contributed by atoms with E-state index in [-0.39, 0.29) is 11.7 Å². The van der Waals surface area contributed by atoms with Crippen LogP contribution in [0.2, 0.25) is 0 Å². The van der Waals surface area contributed by atoms with Crippen molar-refractivity contribution in [1.29, 1.82) is 0 Å². The summed E-state index contributed by atoms with van der Waals surface area (Å²) in [5.41, 5.74) is 1.68. The fourth-order valence-corrected chi connectivity index (χ4v) is 3.50. The predicted molar refractivity (Wildman–Crippen MR) is 110 cm³/mol. The number of methoxy groups -OCH3 is 1. The Morgan fingerprint density at radius 2 is 2.14 bits per heavy atom. The van der Waals surface area contributed by atoms with Crippen molar-refractivity contribution in [2.75, 3.05) is 18.2 Å². The minimum Gasteiger partial charge on any atom is -0.496 e. The first-order valence-corrected chi connectivity index (χ1v) is 9.62. The molecule has 0 spiro atoms. The molecule has 0 aliphatic carbocycles. The monoisotopic (exact) mass is 398 g/mol. The Kier molecular flexibility index (Phi) is 6.15. The molecule has 9 heteroatoms. The number of para-hydroxylation sites is 1. The van der Waals surface area contributed by atoms with Crippen molar-refractivity contribution in [3.8, 4) is 17.1 Å². The van der Waals surface area contributed by atoms with E-state index in [9.17, 15) is 4.79 Å². The molecule has 0 saturated heterocycles. The second-order valence-electron chi connectivity index (χ2n) is 6.04. The lowest BCUT2D eigenvalue weighted by Gasteiger charge is -2.10. The van der Waals surface area contributed by atoms with Crippen molar-refractivity contribution in [1.82, 2.24) is 24.5 Å². The Balaban J connectivity index is 1.77. The lowest BCUT2D eigenvalue weighted by Crippen LogP contribution is -2.16. The molecule has 2 aromatic heterocycles. The summed E-state index contributed by atoms with van der Waals surface area (Å²) < 4.78 is 8.98. The average molecular weight is 398 g/mol. The summed E-state index contributed by atoms with van der Waals surface area (Å²) >= 11 is 1.32. The Bertz CT molecular complexity index is 994. The van der Waals surface area contributed by atoms with E-state index < -0.39 is 0 Å². The molecule has 1 aromatic carbocycles. The Morgan fingerprint density at radius 3 is 2.82 bits per heavy atom. The van der Waals surface area contributed by atoms with E-state index in [1.54, 1.807) is 24.9 Å². The molecule has 8 nitrogen and oxygen atoms in total. The smallest absolute Gasteiger partial charge is 0.235 e. The number of anilines is 1. The zero-order chi connectivity index (χ0) is 20.1. The first-order valence-electron chi connectivity index (χ1n) is 8.64. The third kappa shape index (κ3) is 4.25. The summed E-state index contributed by atoms with van der Waals surface area (Å²) in [4.78, 5) is 12.3. The number of amides is 1. The minimum absolute atomic E-state index is 0.139. The van der Waals surface area contributed by atoms with Gasteiger partial charge in [0.05, 0.1) is 24.1 Å². The lowest BCUT2D eigenvalue weighted by atomic mass is 10.2. The van der Waals surface area contributed by atoms with E-state index in [0.29, 0.717) is 29.1 Å². The number of thioether (sulfide) groups is 1. The second kappa shape index (κ2) is 8.75. The van der Waals surface area contributed by atoms with Crippen LogP contribution in [0, 0.1) is 6.92 Å². The minimum atomic E-state index is -0.139. The highest BCUT2D eigenvalue weighted by Gasteiger charge is 2.18. The molecule has 0 aliphatic heterocycles. The van der Waals surface area contributed by atoms with Crippen LogP contribution in [0.25, 0.3) is 11.4 Å². The second-order valence-corrected chi connectivity index (χ2v) is 6.98. The van der Waals surface area contributed by atoms with Crippen molar-refractivity contribution in [3.05, 3.63) is 48.7 Å². The summed E-state index contributed by atoms with van der Waals surface area (Å²) in [5, 5.41) is 16.3. The standard InChI is InChI=1S/C19H22N6O2S/c1-5-10-25-18(14-8-6-7-9-15(14)27-4)21-22-19(25)28-12-17(26)20-16-11-13(2)23-24(16)3/h5-9,11H,1,10,12H2,2-4H3,(H,20,26). The van der Waals surface area contributed by atoms with Gasteiger partial charge in [-0.3, -0.25) is 14.0 Å². The topological polar surface area (TPSA) is 86.9 Å². The van der Waals surface area contributed by atoms with Gasteiger partial charge in [0.2, 0.25) is 5.91 Å². The van der Waals surface area contributed by atoms with E-state index in [1.165, 1.54) is 11.8 Å². The molecule has 146 valence electrons. The number of benzene rings is 1. The van der Waals surface area contributed by atoms with Crippen LogP contribution in [-0.2, 0) is 18.4 Å². The predicted octanol–water partition coefficient (Wildman–Crippen LogP) is 2.91. The van der Waals surface area contributed by atoms with Crippen LogP contribution >= 0.6 is 11.8 Å². The van der Waals surface area contributed by atoms with Crippen LogP contribution < -0.4 is 10.1 Å². The summed E-state index contributed by atoms with van der Waals surface area (Å²) in [6.45, 7) is 6.21. The number of carbonyl (C=O) groups excluding carboxylic acids is 1. The fourth-order valence-electron chi connectivity index (χ4n) is 2.75. The number of hydrogen-bond donors (Lipinski definition) is 1. The third-order valence-electron chi connectivity index (χ3n) is 3.98. The van der Waals surface area contributed by atoms with Crippen LogP contribution in [0.5, 0.6) is 5.75 Å². The highest BCUT2D eigenvalue weighted by Crippen LogP contribution is 2.30. The Hall–Kier alpha value is -3.07. The number of nitrogens with one attached hydrogen (secondary N) is 1. The van der Waals surface area contributed by atoms with Crippen LogP contribution in [0.15, 0.2) is 48.1 Å². The van der Waals surface area contributed by atoms with E-state index in [4.69, 9.17) is 4.74 Å². The number of aryl methyl sites for hydroxylation is 2. The molecule has 0 aliphatic rings. The van der Waals surface area contributed by atoms with Gasteiger partial charge in [-0.15, -0.1) is 16.8 Å². The van der Waals surface area contributed by atoms with E-state index >= 15 is 0 Å². The molecular formula is C19H22N6O2S. The maximum absolute atomic E-state index is 12.3. The van der Waals surface area contributed by atoms with Gasteiger partial charge >= 0.3 is 0 Å². The highest BCUT2D eigenvalue weighted by molar-refractivity contribution is 7.99. The van der Waals surface area contributed by atoms with Crippen LogP contribution in [0.4, 0.5) is 5.82 Å². The largest absolute Gasteiger partial charge is 0.496 e. The SMILES string of the molecule is C=CCn1c(SCC(=O)Nc2cc(C)nn2C)nnc1-c1ccccc1OC. The van der Waals surface area contributed by atoms with Gasteiger partial charge in [0, 0.05) is 19.7 Å². The van der Waals surface area contributed by atoms with Gasteiger partial charge in [-0.25, -0.2) is 0 Å². The van der Waals surface area contributed by atoms with Crippen LogP contribution in [0.3, 0.4) is 0 Å². The van der Waals surface area contributed by atoms with Crippen LogP contribution in [0.1, 0.15) is 5.69 Å². The van der Waals surface area contributed by atoms with Crippen molar-refractivity contribution < 1.29 is 9.53 Å². The third-order valence-corrected chi connectivity index (χ3v) is 4.94. The number of allylic oxidation sites excluding steroid dienone is 1. The normalized spacial score (nSPS) is 10.7. The molecule has 2 heterocycles. The van der Waals surface area contributed by atoms with Gasteiger partial charge in [0.1, 0.15) is 11.6 Å². The number of hydrogen-bond acceptors (Lipinski definition) is 6. The molecule has 3 rings (SSSR count). The molecule has 0 saturated carbocycles. The summed E-state index contributed by atoms with van der Waals surface area (Å²) in [6.07, 6.45) is 1.77. The van der Waals surface area contributed by atoms with Gasteiger partial charge in [0.25, 0.3) is 0 Å². The first-order chi connectivity index (χ1) is 13.5. The molecule has 28 heavy (non-hydrogen) atoms. The number of nitrogens with zero attached hydrogens (tertiary/aromatic N) is 5. The van der Waals surface area contributed by atoms with E-state index in [2.05, 4.69) is 27.2 Å². The molecule has 1 amide bonds. The van der Waals surface area contributed by atoms with Gasteiger partial charge < -0.3 is 10.1 Å². The number of carbonyl (C=O) groups is 1. The van der Waals surface area contributed by atoms with Crippen LogP contribution in [-0.4, -0.2) is 43.3 Å². The molecule has 0 unspecified atom stereocenters.